The number of unbranched alkanes of at least 4 members (excludes halogenated alkanes) is 2. The molecule has 0 radical (unpaired) electrons. The van der Waals surface area contributed by atoms with E-state index < -0.39 is 0 Å². The number of hydrogen-bond donors (Lipinski definition) is 2. The molecule has 0 aliphatic heterocycles. The van der Waals surface area contributed by atoms with Crippen LogP contribution in [-0.2, 0) is 4.79 Å². The molecule has 140 valence electrons. The number of carbonyl (C=O) groups is 1. The van der Waals surface area contributed by atoms with Gasteiger partial charge in [0.2, 0.25) is 5.91 Å². The van der Waals surface area contributed by atoms with Crippen molar-refractivity contribution in [1.82, 2.24) is 20.3 Å². The van der Waals surface area contributed by atoms with Crippen molar-refractivity contribution in [1.29, 1.82) is 0 Å². The van der Waals surface area contributed by atoms with Gasteiger partial charge >= 0.3 is 0 Å². The Morgan fingerprint density at radius 1 is 1.07 bits per heavy atom. The van der Waals surface area contributed by atoms with Crippen LogP contribution in [0, 0.1) is 6.92 Å². The molecule has 3 aromatic rings. The van der Waals surface area contributed by atoms with Gasteiger partial charge < -0.3 is 10.6 Å². The van der Waals surface area contributed by atoms with E-state index in [1.54, 1.807) is 4.80 Å². The minimum Gasteiger partial charge on any atom is -0.332 e. The molecule has 0 atom stereocenters. The summed E-state index contributed by atoms with van der Waals surface area (Å²) in [5.74, 6) is -0.0626. The standard InChI is InChI=1S/C20H23N5OS/c1-3-4-5-6-19(26)22-20(27)21-15-9-12-17-18(13-15)24-25(23-17)16-10-7-14(2)8-11-16/h7-13H,3-6H2,1-2H3,(H2,21,22,26,27). The summed E-state index contributed by atoms with van der Waals surface area (Å²) in [6.45, 7) is 4.15. The molecule has 0 bridgehead atoms. The third-order valence-electron chi connectivity index (χ3n) is 4.16. The molecule has 2 aromatic carbocycles. The highest BCUT2D eigenvalue weighted by Crippen LogP contribution is 2.17. The Morgan fingerprint density at radius 3 is 2.56 bits per heavy atom. The second-order valence-electron chi connectivity index (χ2n) is 6.49. The minimum atomic E-state index is -0.0626. The van der Waals surface area contributed by atoms with E-state index in [0.29, 0.717) is 11.5 Å². The minimum absolute atomic E-state index is 0.0626. The lowest BCUT2D eigenvalue weighted by Gasteiger charge is -2.09. The zero-order valence-electron chi connectivity index (χ0n) is 15.5. The van der Waals surface area contributed by atoms with Crippen LogP contribution >= 0.6 is 12.2 Å². The summed E-state index contributed by atoms with van der Waals surface area (Å²) in [5, 5.41) is 15.1. The van der Waals surface area contributed by atoms with E-state index >= 15 is 0 Å². The number of nitrogens with one attached hydrogen (secondary N) is 2. The highest BCUT2D eigenvalue weighted by molar-refractivity contribution is 7.80. The van der Waals surface area contributed by atoms with E-state index in [-0.39, 0.29) is 5.91 Å². The molecule has 1 aromatic heterocycles. The number of carbonyl (C=O) groups excluding carboxylic acids is 1. The fourth-order valence-electron chi connectivity index (χ4n) is 2.67. The lowest BCUT2D eigenvalue weighted by atomic mass is 10.2. The molecule has 1 amide bonds. The average Bonchev–Trinajstić information content (AvgIpc) is 3.05. The fourth-order valence-corrected chi connectivity index (χ4v) is 2.90. The first kappa shape index (κ1) is 19.0. The molecule has 6 nitrogen and oxygen atoms in total. The highest BCUT2D eigenvalue weighted by Gasteiger charge is 2.08. The van der Waals surface area contributed by atoms with Crippen molar-refractivity contribution < 1.29 is 4.79 Å². The molecule has 0 unspecified atom stereocenters. The maximum absolute atomic E-state index is 11.9. The topological polar surface area (TPSA) is 71.8 Å². The van der Waals surface area contributed by atoms with E-state index in [1.807, 2.05) is 49.4 Å². The van der Waals surface area contributed by atoms with Crippen molar-refractivity contribution in [3.8, 4) is 5.69 Å². The zero-order chi connectivity index (χ0) is 19.2. The van der Waals surface area contributed by atoms with Gasteiger partial charge in [-0.1, -0.05) is 37.5 Å². The fraction of sp³-hybridized carbons (Fsp3) is 0.300. The third-order valence-corrected chi connectivity index (χ3v) is 4.37. The van der Waals surface area contributed by atoms with Gasteiger partial charge in [0.15, 0.2) is 5.11 Å². The molecule has 7 heteroatoms. The van der Waals surface area contributed by atoms with Crippen molar-refractivity contribution >= 4 is 40.0 Å². The first-order valence-electron chi connectivity index (χ1n) is 9.10. The largest absolute Gasteiger partial charge is 0.332 e. The highest BCUT2D eigenvalue weighted by atomic mass is 32.1. The molecule has 0 aliphatic rings. The van der Waals surface area contributed by atoms with E-state index in [1.165, 1.54) is 5.56 Å². The normalized spacial score (nSPS) is 10.7. The molecule has 1 heterocycles. The van der Waals surface area contributed by atoms with Crippen LogP contribution in [0.4, 0.5) is 5.69 Å². The van der Waals surface area contributed by atoms with Gasteiger partial charge in [-0.25, -0.2) is 0 Å². The number of fused-ring (bicyclic) bond motifs is 1. The van der Waals surface area contributed by atoms with Gasteiger partial charge in [-0.3, -0.25) is 4.79 Å². The van der Waals surface area contributed by atoms with Crippen LogP contribution < -0.4 is 10.6 Å². The predicted molar refractivity (Wildman–Crippen MR) is 112 cm³/mol. The van der Waals surface area contributed by atoms with Crippen LogP contribution in [0.5, 0.6) is 0 Å². The summed E-state index contributed by atoms with van der Waals surface area (Å²) in [6, 6.07) is 13.6. The monoisotopic (exact) mass is 381 g/mol. The maximum Gasteiger partial charge on any atom is 0.226 e. The third kappa shape index (κ3) is 5.10. The molecular formula is C20H23N5OS. The van der Waals surface area contributed by atoms with Crippen molar-refractivity contribution in [3.63, 3.8) is 0 Å². The summed E-state index contributed by atoms with van der Waals surface area (Å²) in [4.78, 5) is 13.5. The number of rotatable bonds is 6. The van der Waals surface area contributed by atoms with Crippen LogP contribution in [0.3, 0.4) is 0 Å². The van der Waals surface area contributed by atoms with Crippen molar-refractivity contribution in [3.05, 3.63) is 48.0 Å². The smallest absolute Gasteiger partial charge is 0.226 e. The Hall–Kier alpha value is -2.80. The second kappa shape index (κ2) is 8.73. The first-order chi connectivity index (χ1) is 13.0. The molecule has 27 heavy (non-hydrogen) atoms. The molecule has 0 spiro atoms. The SMILES string of the molecule is CCCCCC(=O)NC(=S)Nc1ccc2nn(-c3ccc(C)cc3)nc2c1. The molecule has 0 aliphatic carbocycles. The van der Waals surface area contributed by atoms with E-state index in [4.69, 9.17) is 12.2 Å². The van der Waals surface area contributed by atoms with Gasteiger partial charge in [-0.2, -0.15) is 4.80 Å². The number of nitrogens with zero attached hydrogens (tertiary/aromatic N) is 3. The summed E-state index contributed by atoms with van der Waals surface area (Å²) in [7, 11) is 0. The molecule has 0 saturated heterocycles. The number of hydrogen-bond acceptors (Lipinski definition) is 4. The second-order valence-corrected chi connectivity index (χ2v) is 6.90. The van der Waals surface area contributed by atoms with Gasteiger partial charge in [0, 0.05) is 12.1 Å². The number of aryl methyl sites for hydroxylation is 1. The Balaban J connectivity index is 1.66. The molecule has 0 saturated carbocycles. The van der Waals surface area contributed by atoms with Gasteiger partial charge in [0.1, 0.15) is 11.0 Å². The Bertz CT molecular complexity index is 949. The van der Waals surface area contributed by atoms with E-state index in [0.717, 1.165) is 41.7 Å². The molecule has 0 fully saturated rings. The number of anilines is 1. The van der Waals surface area contributed by atoms with E-state index in [2.05, 4.69) is 27.8 Å². The van der Waals surface area contributed by atoms with Crippen molar-refractivity contribution in [2.45, 2.75) is 39.5 Å². The lowest BCUT2D eigenvalue weighted by molar-refractivity contribution is -0.119. The zero-order valence-corrected chi connectivity index (χ0v) is 16.3. The van der Waals surface area contributed by atoms with Gasteiger partial charge in [-0.15, -0.1) is 10.2 Å². The van der Waals surface area contributed by atoms with Crippen LogP contribution in [0.15, 0.2) is 42.5 Å². The average molecular weight is 382 g/mol. The quantitative estimate of drug-likeness (QED) is 0.496. The van der Waals surface area contributed by atoms with Crippen LogP contribution in [-0.4, -0.2) is 26.0 Å². The van der Waals surface area contributed by atoms with Crippen molar-refractivity contribution in [2.75, 3.05) is 5.32 Å². The number of thiocarbonyl (C=S) groups is 1. The molecule has 2 N–H and O–H groups in total. The van der Waals surface area contributed by atoms with Gasteiger partial charge in [0.25, 0.3) is 0 Å². The Kier molecular flexibility index (Phi) is 6.13. The Labute approximate surface area is 164 Å². The van der Waals surface area contributed by atoms with Gasteiger partial charge in [0.05, 0.1) is 5.69 Å². The van der Waals surface area contributed by atoms with Crippen LogP contribution in [0.2, 0.25) is 0 Å². The number of amides is 1. The summed E-state index contributed by atoms with van der Waals surface area (Å²) < 4.78 is 0. The van der Waals surface area contributed by atoms with E-state index in [9.17, 15) is 4.79 Å². The molecular weight excluding hydrogens is 358 g/mol. The Morgan fingerprint density at radius 2 is 1.81 bits per heavy atom. The maximum atomic E-state index is 11.9. The van der Waals surface area contributed by atoms with Crippen LogP contribution in [0.1, 0.15) is 38.2 Å². The number of benzene rings is 2. The predicted octanol–water partition coefficient (Wildman–Crippen LogP) is 4.12. The van der Waals surface area contributed by atoms with Crippen LogP contribution in [0.25, 0.3) is 16.7 Å². The lowest BCUT2D eigenvalue weighted by Crippen LogP contribution is -2.33. The summed E-state index contributed by atoms with van der Waals surface area (Å²) in [6.07, 6.45) is 3.48. The number of aromatic nitrogens is 3. The molecule has 3 rings (SSSR count). The first-order valence-corrected chi connectivity index (χ1v) is 9.51. The summed E-state index contributed by atoms with van der Waals surface area (Å²) in [5.41, 5.74) is 4.39. The summed E-state index contributed by atoms with van der Waals surface area (Å²) >= 11 is 5.22. The van der Waals surface area contributed by atoms with Crippen molar-refractivity contribution in [2.24, 2.45) is 0 Å². The van der Waals surface area contributed by atoms with Gasteiger partial charge in [-0.05, 0) is 55.9 Å².